The minimum Gasteiger partial charge on any atom is -0.384 e. The lowest BCUT2D eigenvalue weighted by atomic mass is 10.1. The average molecular weight is 297 g/mol. The van der Waals surface area contributed by atoms with Crippen molar-refractivity contribution in [1.82, 2.24) is 4.90 Å². The van der Waals surface area contributed by atoms with Crippen LogP contribution in [0.1, 0.15) is 30.9 Å². The molecular formula is C16H25ClN2O. The molecule has 4 heteroatoms. The van der Waals surface area contributed by atoms with E-state index in [4.69, 9.17) is 4.74 Å². The van der Waals surface area contributed by atoms with Crippen LogP contribution in [0.5, 0.6) is 0 Å². The van der Waals surface area contributed by atoms with Crippen LogP contribution in [0.25, 0.3) is 0 Å². The second-order valence-electron chi connectivity index (χ2n) is 5.62. The quantitative estimate of drug-likeness (QED) is 0.928. The van der Waals surface area contributed by atoms with Crippen molar-refractivity contribution in [3.63, 3.8) is 0 Å². The van der Waals surface area contributed by atoms with Crippen LogP contribution < -0.4 is 5.32 Å². The first-order chi connectivity index (χ1) is 9.36. The number of nitrogens with zero attached hydrogens (tertiary/aromatic N) is 1. The smallest absolute Gasteiger partial charge is 0.0699 e. The van der Waals surface area contributed by atoms with Gasteiger partial charge in [0.25, 0.3) is 0 Å². The summed E-state index contributed by atoms with van der Waals surface area (Å²) in [6.07, 6.45) is 3.84. The van der Waals surface area contributed by atoms with E-state index in [1.54, 1.807) is 0 Å². The van der Waals surface area contributed by atoms with Crippen molar-refractivity contribution in [3.8, 4) is 0 Å². The molecule has 1 saturated heterocycles. The van der Waals surface area contributed by atoms with Crippen molar-refractivity contribution in [2.75, 3.05) is 31.6 Å². The molecule has 1 fully saturated rings. The largest absolute Gasteiger partial charge is 0.384 e. The van der Waals surface area contributed by atoms with Gasteiger partial charge in [0.15, 0.2) is 0 Å². The first-order valence-corrected chi connectivity index (χ1v) is 7.55. The third kappa shape index (κ3) is 3.46. The van der Waals surface area contributed by atoms with E-state index in [2.05, 4.69) is 35.3 Å². The topological polar surface area (TPSA) is 24.5 Å². The van der Waals surface area contributed by atoms with Crippen LogP contribution >= 0.6 is 12.4 Å². The standard InChI is InChI=1S/C16H24N2O.ClH/c1-2-15-12-18(9-4-10-19-15)11-14-6-3-5-13-7-8-17-16(13)14;/h3,5-6,15,17H,2,4,7-12H2,1H3;1H. The van der Waals surface area contributed by atoms with Crippen molar-refractivity contribution in [3.05, 3.63) is 29.3 Å². The molecular weight excluding hydrogens is 272 g/mol. The van der Waals surface area contributed by atoms with Crippen molar-refractivity contribution >= 4 is 18.1 Å². The zero-order chi connectivity index (χ0) is 13.1. The van der Waals surface area contributed by atoms with Gasteiger partial charge in [-0.25, -0.2) is 0 Å². The third-order valence-electron chi connectivity index (χ3n) is 4.22. The molecule has 20 heavy (non-hydrogen) atoms. The van der Waals surface area contributed by atoms with E-state index < -0.39 is 0 Å². The van der Waals surface area contributed by atoms with Crippen molar-refractivity contribution in [1.29, 1.82) is 0 Å². The molecule has 0 spiro atoms. The van der Waals surface area contributed by atoms with Gasteiger partial charge in [-0.15, -0.1) is 12.4 Å². The summed E-state index contributed by atoms with van der Waals surface area (Å²) in [5.41, 5.74) is 4.32. The molecule has 1 unspecified atom stereocenters. The lowest BCUT2D eigenvalue weighted by Gasteiger charge is -2.24. The van der Waals surface area contributed by atoms with E-state index in [1.165, 1.54) is 23.2 Å². The molecule has 0 aliphatic carbocycles. The van der Waals surface area contributed by atoms with E-state index in [0.717, 1.165) is 45.6 Å². The molecule has 3 nitrogen and oxygen atoms in total. The van der Waals surface area contributed by atoms with Gasteiger partial charge in [-0.3, -0.25) is 4.90 Å². The lowest BCUT2D eigenvalue weighted by molar-refractivity contribution is 0.0510. The van der Waals surface area contributed by atoms with E-state index in [-0.39, 0.29) is 12.4 Å². The van der Waals surface area contributed by atoms with Gasteiger partial charge < -0.3 is 10.1 Å². The molecule has 0 amide bonds. The molecule has 2 aliphatic heterocycles. The predicted molar refractivity (Wildman–Crippen MR) is 85.8 cm³/mol. The third-order valence-corrected chi connectivity index (χ3v) is 4.22. The van der Waals surface area contributed by atoms with Gasteiger partial charge in [0, 0.05) is 38.5 Å². The lowest BCUT2D eigenvalue weighted by Crippen LogP contribution is -2.31. The number of para-hydroxylation sites is 1. The maximum atomic E-state index is 5.86. The van der Waals surface area contributed by atoms with Crippen molar-refractivity contribution in [2.45, 2.75) is 38.8 Å². The number of ether oxygens (including phenoxy) is 1. The first-order valence-electron chi connectivity index (χ1n) is 7.55. The highest BCUT2D eigenvalue weighted by atomic mass is 35.5. The Morgan fingerprint density at radius 1 is 1.40 bits per heavy atom. The van der Waals surface area contributed by atoms with Crippen LogP contribution in [0.3, 0.4) is 0 Å². The highest BCUT2D eigenvalue weighted by Crippen LogP contribution is 2.27. The molecule has 0 saturated carbocycles. The minimum absolute atomic E-state index is 0. The monoisotopic (exact) mass is 296 g/mol. The number of nitrogens with one attached hydrogen (secondary N) is 1. The minimum atomic E-state index is 0. The molecule has 1 aromatic rings. The molecule has 0 radical (unpaired) electrons. The highest BCUT2D eigenvalue weighted by Gasteiger charge is 2.20. The Labute approximate surface area is 128 Å². The van der Waals surface area contributed by atoms with Crippen LogP contribution in [-0.4, -0.2) is 37.2 Å². The van der Waals surface area contributed by atoms with Crippen molar-refractivity contribution < 1.29 is 4.74 Å². The number of hydrogen-bond donors (Lipinski definition) is 1. The Hall–Kier alpha value is -0.770. The molecule has 1 N–H and O–H groups in total. The second-order valence-corrected chi connectivity index (χ2v) is 5.62. The maximum absolute atomic E-state index is 5.86. The number of halogens is 1. The Balaban J connectivity index is 0.00000147. The van der Waals surface area contributed by atoms with Gasteiger partial charge in [-0.1, -0.05) is 25.1 Å². The van der Waals surface area contributed by atoms with E-state index >= 15 is 0 Å². The fraction of sp³-hybridized carbons (Fsp3) is 0.625. The first kappa shape index (κ1) is 15.6. The zero-order valence-corrected chi connectivity index (χ0v) is 13.0. The van der Waals surface area contributed by atoms with Crippen LogP contribution in [0.4, 0.5) is 5.69 Å². The van der Waals surface area contributed by atoms with Gasteiger partial charge in [-0.2, -0.15) is 0 Å². The van der Waals surface area contributed by atoms with Gasteiger partial charge in [0.2, 0.25) is 0 Å². The summed E-state index contributed by atoms with van der Waals surface area (Å²) in [6, 6.07) is 6.72. The molecule has 112 valence electrons. The normalized spacial score (nSPS) is 22.6. The highest BCUT2D eigenvalue weighted by molar-refractivity contribution is 5.85. The summed E-state index contributed by atoms with van der Waals surface area (Å²) in [4.78, 5) is 2.55. The van der Waals surface area contributed by atoms with Crippen LogP contribution in [0.2, 0.25) is 0 Å². The molecule has 2 heterocycles. The van der Waals surface area contributed by atoms with E-state index in [1.807, 2.05) is 0 Å². The number of rotatable bonds is 3. The Morgan fingerprint density at radius 3 is 3.15 bits per heavy atom. The van der Waals surface area contributed by atoms with E-state index in [0.29, 0.717) is 6.10 Å². The maximum Gasteiger partial charge on any atom is 0.0699 e. The number of benzene rings is 1. The van der Waals surface area contributed by atoms with Crippen LogP contribution in [-0.2, 0) is 17.7 Å². The van der Waals surface area contributed by atoms with Crippen LogP contribution in [0.15, 0.2) is 18.2 Å². The Morgan fingerprint density at radius 2 is 2.30 bits per heavy atom. The Kier molecular flexibility index (Phi) is 5.70. The fourth-order valence-corrected chi connectivity index (χ4v) is 3.14. The summed E-state index contributed by atoms with van der Waals surface area (Å²) >= 11 is 0. The number of anilines is 1. The Bertz CT molecular complexity index is 438. The second kappa shape index (κ2) is 7.30. The number of fused-ring (bicyclic) bond motifs is 1. The SMILES string of the molecule is CCC1CN(Cc2cccc3c2NCC3)CCCO1.Cl. The average Bonchev–Trinajstić information content (AvgIpc) is 2.80. The van der Waals surface area contributed by atoms with Crippen molar-refractivity contribution in [2.24, 2.45) is 0 Å². The predicted octanol–water partition coefficient (Wildman–Crippen LogP) is 3.08. The molecule has 3 rings (SSSR count). The van der Waals surface area contributed by atoms with Gasteiger partial charge >= 0.3 is 0 Å². The van der Waals surface area contributed by atoms with E-state index in [9.17, 15) is 0 Å². The summed E-state index contributed by atoms with van der Waals surface area (Å²) < 4.78 is 5.86. The van der Waals surface area contributed by atoms with Gasteiger partial charge in [-0.05, 0) is 30.4 Å². The summed E-state index contributed by atoms with van der Waals surface area (Å²) in [6.45, 7) is 7.50. The summed E-state index contributed by atoms with van der Waals surface area (Å²) in [5.74, 6) is 0. The molecule has 1 aromatic carbocycles. The zero-order valence-electron chi connectivity index (χ0n) is 12.2. The molecule has 1 atom stereocenters. The van der Waals surface area contributed by atoms with Crippen LogP contribution in [0, 0.1) is 0 Å². The molecule has 0 bridgehead atoms. The van der Waals surface area contributed by atoms with Gasteiger partial charge in [0.05, 0.1) is 6.10 Å². The number of hydrogen-bond acceptors (Lipinski definition) is 3. The molecule has 0 aromatic heterocycles. The summed E-state index contributed by atoms with van der Waals surface area (Å²) in [5, 5.41) is 3.54. The fourth-order valence-electron chi connectivity index (χ4n) is 3.14. The molecule has 2 aliphatic rings. The summed E-state index contributed by atoms with van der Waals surface area (Å²) in [7, 11) is 0. The van der Waals surface area contributed by atoms with Gasteiger partial charge in [0.1, 0.15) is 0 Å².